The van der Waals surface area contributed by atoms with Crippen LogP contribution in [0.2, 0.25) is 15.1 Å². The monoisotopic (exact) mass is 576 g/mol. The molecule has 10 heteroatoms. The molecule has 7 nitrogen and oxygen atoms in total. The van der Waals surface area contributed by atoms with Gasteiger partial charge in [-0.25, -0.2) is 4.98 Å². The lowest BCUT2D eigenvalue weighted by Crippen LogP contribution is -2.20. The molecule has 0 bridgehead atoms. The number of fused-ring (bicyclic) bond motifs is 1. The third kappa shape index (κ3) is 6.12. The topological polar surface area (TPSA) is 85.6 Å². The molecule has 5 aromatic rings. The van der Waals surface area contributed by atoms with Gasteiger partial charge in [-0.1, -0.05) is 77.3 Å². The Hall–Kier alpha value is -4.17. The summed E-state index contributed by atoms with van der Waals surface area (Å²) < 4.78 is 6.82. The minimum Gasteiger partial charge on any atom is -0.481 e. The van der Waals surface area contributed by atoms with E-state index in [1.165, 1.54) is 10.9 Å². The molecule has 0 fully saturated rings. The number of para-hydroxylation sites is 1. The van der Waals surface area contributed by atoms with Crippen molar-refractivity contribution in [3.63, 3.8) is 0 Å². The molecule has 0 radical (unpaired) electrons. The molecule has 4 aromatic carbocycles. The maximum absolute atomic E-state index is 13.3. The van der Waals surface area contributed by atoms with E-state index in [-0.39, 0.29) is 28.0 Å². The van der Waals surface area contributed by atoms with Crippen molar-refractivity contribution >= 4 is 63.5 Å². The van der Waals surface area contributed by atoms with Crippen LogP contribution in [-0.4, -0.2) is 28.4 Å². The van der Waals surface area contributed by atoms with Gasteiger partial charge in [-0.05, 0) is 54.1 Å². The molecule has 1 heterocycles. The molecule has 0 saturated carbocycles. The fourth-order valence-electron chi connectivity index (χ4n) is 3.79. The zero-order valence-electron chi connectivity index (χ0n) is 20.1. The molecule has 1 aromatic heterocycles. The average Bonchev–Trinajstić information content (AvgIpc) is 2.94. The first-order chi connectivity index (χ1) is 18.9. The second-order valence-electron chi connectivity index (χ2n) is 8.34. The number of rotatable bonds is 7. The molecule has 194 valence electrons. The van der Waals surface area contributed by atoms with Gasteiger partial charge in [0.05, 0.1) is 27.2 Å². The van der Waals surface area contributed by atoms with E-state index in [0.717, 1.165) is 5.56 Å². The predicted molar refractivity (Wildman–Crippen MR) is 156 cm³/mol. The van der Waals surface area contributed by atoms with Gasteiger partial charge in [0.25, 0.3) is 11.5 Å². The van der Waals surface area contributed by atoms with Gasteiger partial charge < -0.3 is 10.1 Å². The number of carbonyl (C=O) groups excluding carboxylic acids is 1. The van der Waals surface area contributed by atoms with Crippen molar-refractivity contribution in [2.24, 2.45) is 5.10 Å². The van der Waals surface area contributed by atoms with Crippen LogP contribution in [0.1, 0.15) is 5.56 Å². The molecule has 0 aliphatic rings. The van der Waals surface area contributed by atoms with Gasteiger partial charge >= 0.3 is 0 Å². The Morgan fingerprint density at radius 1 is 0.923 bits per heavy atom. The molecular weight excluding hydrogens is 559 g/mol. The number of nitrogens with zero attached hydrogens (tertiary/aromatic N) is 3. The van der Waals surface area contributed by atoms with Crippen molar-refractivity contribution in [1.82, 2.24) is 9.66 Å². The van der Waals surface area contributed by atoms with Gasteiger partial charge in [0.15, 0.2) is 18.2 Å². The summed E-state index contributed by atoms with van der Waals surface area (Å²) in [4.78, 5) is 30.3. The number of carbonyl (C=O) groups is 1. The lowest BCUT2D eigenvalue weighted by Gasteiger charge is -2.12. The van der Waals surface area contributed by atoms with E-state index in [0.29, 0.717) is 33.0 Å². The highest BCUT2D eigenvalue weighted by Crippen LogP contribution is 2.34. The largest absolute Gasteiger partial charge is 0.481 e. The highest BCUT2D eigenvalue weighted by Gasteiger charge is 2.14. The summed E-state index contributed by atoms with van der Waals surface area (Å²) in [5.41, 5.74) is 2.07. The Morgan fingerprint density at radius 3 is 2.31 bits per heavy atom. The first-order valence-corrected chi connectivity index (χ1v) is 12.8. The van der Waals surface area contributed by atoms with Gasteiger partial charge in [-0.3, -0.25) is 9.59 Å². The highest BCUT2D eigenvalue weighted by molar-refractivity contribution is 6.37. The van der Waals surface area contributed by atoms with Crippen LogP contribution in [0.3, 0.4) is 0 Å². The van der Waals surface area contributed by atoms with Crippen molar-refractivity contribution in [1.29, 1.82) is 0 Å². The number of hydrogen-bond donors (Lipinski definition) is 1. The van der Waals surface area contributed by atoms with E-state index in [9.17, 15) is 9.59 Å². The normalized spacial score (nSPS) is 11.2. The van der Waals surface area contributed by atoms with E-state index < -0.39 is 5.91 Å². The number of hydrogen-bond acceptors (Lipinski definition) is 5. The standard InChI is InChI=1S/C29H19Cl3N4O3/c30-20-10-12-21(13-11-20)34-26(37)17-39-27-23(31)14-18(15-24(27)32)16-33-36-28(19-6-2-1-3-7-19)35-25-9-5-4-8-22(25)29(36)38/h1-16H,17H2,(H,34,37). The molecule has 1 amide bonds. The van der Waals surface area contributed by atoms with E-state index in [4.69, 9.17) is 39.5 Å². The zero-order valence-corrected chi connectivity index (χ0v) is 22.4. The van der Waals surface area contributed by atoms with Crippen LogP contribution in [0, 0.1) is 0 Å². The van der Waals surface area contributed by atoms with Crippen LogP contribution in [0.5, 0.6) is 5.75 Å². The fraction of sp³-hybridized carbons (Fsp3) is 0.0345. The fourth-order valence-corrected chi connectivity index (χ4v) is 4.53. The third-order valence-corrected chi connectivity index (χ3v) is 6.42. The minimum atomic E-state index is -0.397. The van der Waals surface area contributed by atoms with Gasteiger partial charge in [0, 0.05) is 16.3 Å². The second-order valence-corrected chi connectivity index (χ2v) is 9.59. The zero-order chi connectivity index (χ0) is 27.4. The first kappa shape index (κ1) is 26.4. The van der Waals surface area contributed by atoms with E-state index in [1.807, 2.05) is 36.4 Å². The van der Waals surface area contributed by atoms with Crippen molar-refractivity contribution in [3.8, 4) is 17.1 Å². The van der Waals surface area contributed by atoms with Gasteiger partial charge in [0.1, 0.15) is 0 Å². The number of aromatic nitrogens is 2. The molecule has 0 aliphatic heterocycles. The maximum atomic E-state index is 13.3. The van der Waals surface area contributed by atoms with Crippen LogP contribution in [0.25, 0.3) is 22.3 Å². The molecule has 1 N–H and O–H groups in total. The summed E-state index contributed by atoms with van der Waals surface area (Å²) in [6.07, 6.45) is 1.46. The van der Waals surface area contributed by atoms with E-state index >= 15 is 0 Å². The number of benzene rings is 4. The quantitative estimate of drug-likeness (QED) is 0.213. The molecule has 0 saturated heterocycles. The summed E-state index contributed by atoms with van der Waals surface area (Å²) in [6.45, 7) is -0.311. The molecule has 39 heavy (non-hydrogen) atoms. The number of halogens is 3. The summed E-state index contributed by atoms with van der Waals surface area (Å²) in [7, 11) is 0. The predicted octanol–water partition coefficient (Wildman–Crippen LogP) is 6.92. The Morgan fingerprint density at radius 2 is 1.59 bits per heavy atom. The summed E-state index contributed by atoms with van der Waals surface area (Å²) >= 11 is 18.7. The Bertz CT molecular complexity index is 1730. The minimum absolute atomic E-state index is 0.149. The molecule has 0 atom stereocenters. The molecule has 0 spiro atoms. The SMILES string of the molecule is O=C(COc1c(Cl)cc(C=Nn2c(-c3ccccc3)nc3ccccc3c2=O)cc1Cl)Nc1ccc(Cl)cc1. The summed E-state index contributed by atoms with van der Waals surface area (Å²) in [6, 6.07) is 26.2. The number of nitrogens with one attached hydrogen (secondary N) is 1. The molecule has 5 rings (SSSR count). The molecular formula is C29H19Cl3N4O3. The van der Waals surface area contributed by atoms with E-state index in [2.05, 4.69) is 15.4 Å². The van der Waals surface area contributed by atoms with Gasteiger partial charge in [-0.15, -0.1) is 0 Å². The lowest BCUT2D eigenvalue weighted by molar-refractivity contribution is -0.118. The van der Waals surface area contributed by atoms with Crippen molar-refractivity contribution in [2.75, 3.05) is 11.9 Å². The summed E-state index contributed by atoms with van der Waals surface area (Å²) in [5, 5.41) is 8.47. The smallest absolute Gasteiger partial charge is 0.282 e. The number of ether oxygens (including phenoxy) is 1. The van der Waals surface area contributed by atoms with Crippen LogP contribution < -0.4 is 15.6 Å². The van der Waals surface area contributed by atoms with Gasteiger partial charge in [0.2, 0.25) is 0 Å². The number of amides is 1. The second kappa shape index (κ2) is 11.7. The third-order valence-electron chi connectivity index (χ3n) is 5.60. The van der Waals surface area contributed by atoms with Gasteiger partial charge in [-0.2, -0.15) is 9.78 Å². The molecule has 0 unspecified atom stereocenters. The van der Waals surface area contributed by atoms with Crippen LogP contribution in [-0.2, 0) is 4.79 Å². The molecule has 0 aliphatic carbocycles. The number of anilines is 1. The van der Waals surface area contributed by atoms with Crippen molar-refractivity contribution < 1.29 is 9.53 Å². The first-order valence-electron chi connectivity index (χ1n) is 11.7. The van der Waals surface area contributed by atoms with Crippen LogP contribution >= 0.6 is 34.8 Å². The van der Waals surface area contributed by atoms with Crippen molar-refractivity contribution in [3.05, 3.63) is 122 Å². The van der Waals surface area contributed by atoms with Crippen molar-refractivity contribution in [2.45, 2.75) is 0 Å². The average molecular weight is 578 g/mol. The van der Waals surface area contributed by atoms with Crippen LogP contribution in [0.15, 0.2) is 101 Å². The lowest BCUT2D eigenvalue weighted by atomic mass is 10.2. The Labute approximate surface area is 238 Å². The maximum Gasteiger partial charge on any atom is 0.282 e. The Balaban J connectivity index is 1.39. The van der Waals surface area contributed by atoms with E-state index in [1.54, 1.807) is 54.6 Å². The highest BCUT2D eigenvalue weighted by atomic mass is 35.5. The van der Waals surface area contributed by atoms with Crippen LogP contribution in [0.4, 0.5) is 5.69 Å². The summed E-state index contributed by atoms with van der Waals surface area (Å²) in [5.74, 6) is 0.141. The Kier molecular flexibility index (Phi) is 7.93.